The number of aryl methyl sites for hydroxylation is 1. The fraction of sp³-hybridized carbons (Fsp3) is 0.235. The molecule has 0 aliphatic heterocycles. The Hall–Kier alpha value is -2.49. The Morgan fingerprint density at radius 1 is 1.05 bits per heavy atom. The predicted octanol–water partition coefficient (Wildman–Crippen LogP) is 3.61. The van der Waals surface area contributed by atoms with Crippen molar-refractivity contribution >= 4 is 17.3 Å². The van der Waals surface area contributed by atoms with Crippen molar-refractivity contribution < 1.29 is 9.53 Å². The average Bonchev–Trinajstić information content (AvgIpc) is 2.50. The summed E-state index contributed by atoms with van der Waals surface area (Å²) < 4.78 is 5.38. The molecule has 0 bridgehead atoms. The van der Waals surface area contributed by atoms with E-state index in [-0.39, 0.29) is 5.91 Å². The summed E-state index contributed by atoms with van der Waals surface area (Å²) in [6.07, 6.45) is 0. The second-order valence-corrected chi connectivity index (χ2v) is 4.84. The zero-order chi connectivity index (χ0) is 15.4. The lowest BCUT2D eigenvalue weighted by atomic mass is 10.1. The number of para-hydroxylation sites is 1. The van der Waals surface area contributed by atoms with Crippen LogP contribution in [0.1, 0.15) is 21.5 Å². The summed E-state index contributed by atoms with van der Waals surface area (Å²) in [7, 11) is 3.43. The van der Waals surface area contributed by atoms with Gasteiger partial charge in [-0.2, -0.15) is 0 Å². The van der Waals surface area contributed by atoms with Crippen LogP contribution in [-0.2, 0) is 0 Å². The van der Waals surface area contributed by atoms with Crippen LogP contribution in [0.3, 0.4) is 0 Å². The number of anilines is 2. The first-order valence-corrected chi connectivity index (χ1v) is 6.80. The Morgan fingerprint density at radius 2 is 1.76 bits per heavy atom. The first-order valence-electron chi connectivity index (χ1n) is 6.80. The standard InChI is InChI=1S/C17H20N2O2/c1-11-9-10-14(12(2)16(11)21-4)19-17(20)13-7-5-6-8-15(13)18-3/h5-10,18H,1-4H3,(H,19,20). The Balaban J connectivity index is 2.32. The summed E-state index contributed by atoms with van der Waals surface area (Å²) in [5.74, 6) is 0.656. The summed E-state index contributed by atoms with van der Waals surface area (Å²) in [6, 6.07) is 11.2. The molecule has 4 heteroatoms. The van der Waals surface area contributed by atoms with Crippen LogP contribution in [0, 0.1) is 13.8 Å². The third-order valence-corrected chi connectivity index (χ3v) is 3.50. The van der Waals surface area contributed by atoms with Crippen molar-refractivity contribution in [2.24, 2.45) is 0 Å². The quantitative estimate of drug-likeness (QED) is 0.901. The van der Waals surface area contributed by atoms with Crippen LogP contribution in [0.15, 0.2) is 36.4 Å². The molecule has 0 spiro atoms. The molecule has 1 amide bonds. The molecule has 21 heavy (non-hydrogen) atoms. The smallest absolute Gasteiger partial charge is 0.257 e. The number of amides is 1. The van der Waals surface area contributed by atoms with E-state index in [0.29, 0.717) is 5.56 Å². The van der Waals surface area contributed by atoms with Gasteiger partial charge in [0.15, 0.2) is 0 Å². The molecule has 0 fully saturated rings. The predicted molar refractivity (Wildman–Crippen MR) is 86.4 cm³/mol. The van der Waals surface area contributed by atoms with Gasteiger partial charge < -0.3 is 15.4 Å². The zero-order valence-corrected chi connectivity index (χ0v) is 12.8. The van der Waals surface area contributed by atoms with Crippen molar-refractivity contribution in [2.75, 3.05) is 24.8 Å². The van der Waals surface area contributed by atoms with Crippen molar-refractivity contribution in [3.63, 3.8) is 0 Å². The van der Waals surface area contributed by atoms with Crippen molar-refractivity contribution in [3.05, 3.63) is 53.1 Å². The van der Waals surface area contributed by atoms with Gasteiger partial charge in [-0.1, -0.05) is 18.2 Å². The number of benzene rings is 2. The SMILES string of the molecule is CNc1ccccc1C(=O)Nc1ccc(C)c(OC)c1C. The minimum atomic E-state index is -0.144. The summed E-state index contributed by atoms with van der Waals surface area (Å²) in [4.78, 5) is 12.4. The van der Waals surface area contributed by atoms with E-state index < -0.39 is 0 Å². The van der Waals surface area contributed by atoms with Crippen molar-refractivity contribution in [1.29, 1.82) is 0 Å². The molecule has 0 unspecified atom stereocenters. The van der Waals surface area contributed by atoms with Crippen LogP contribution < -0.4 is 15.4 Å². The number of rotatable bonds is 4. The number of hydrogen-bond acceptors (Lipinski definition) is 3. The fourth-order valence-electron chi connectivity index (χ4n) is 2.37. The zero-order valence-electron chi connectivity index (χ0n) is 12.8. The van der Waals surface area contributed by atoms with E-state index in [1.807, 2.05) is 44.2 Å². The van der Waals surface area contributed by atoms with E-state index in [2.05, 4.69) is 10.6 Å². The topological polar surface area (TPSA) is 50.4 Å². The number of nitrogens with one attached hydrogen (secondary N) is 2. The second kappa shape index (κ2) is 6.31. The van der Waals surface area contributed by atoms with Crippen molar-refractivity contribution in [2.45, 2.75) is 13.8 Å². The lowest BCUT2D eigenvalue weighted by Gasteiger charge is -2.15. The van der Waals surface area contributed by atoms with E-state index in [9.17, 15) is 4.79 Å². The monoisotopic (exact) mass is 284 g/mol. The molecule has 2 aromatic rings. The highest BCUT2D eigenvalue weighted by Gasteiger charge is 2.13. The van der Waals surface area contributed by atoms with Crippen LogP contribution in [0.2, 0.25) is 0 Å². The van der Waals surface area contributed by atoms with Gasteiger partial charge in [-0.15, -0.1) is 0 Å². The number of ether oxygens (including phenoxy) is 1. The highest BCUT2D eigenvalue weighted by atomic mass is 16.5. The number of carbonyl (C=O) groups is 1. The van der Waals surface area contributed by atoms with E-state index in [1.165, 1.54) is 0 Å². The Kier molecular flexibility index (Phi) is 4.48. The maximum atomic E-state index is 12.4. The third-order valence-electron chi connectivity index (χ3n) is 3.50. The lowest BCUT2D eigenvalue weighted by molar-refractivity contribution is 0.102. The average molecular weight is 284 g/mol. The van der Waals surface area contributed by atoms with E-state index in [1.54, 1.807) is 20.2 Å². The van der Waals surface area contributed by atoms with Gasteiger partial charge in [0.25, 0.3) is 5.91 Å². The molecule has 0 radical (unpaired) electrons. The molecule has 0 aliphatic rings. The highest BCUT2D eigenvalue weighted by molar-refractivity contribution is 6.08. The van der Waals surface area contributed by atoms with E-state index in [4.69, 9.17) is 4.74 Å². The second-order valence-electron chi connectivity index (χ2n) is 4.84. The third kappa shape index (κ3) is 2.99. The molecular formula is C17H20N2O2. The van der Waals surface area contributed by atoms with Crippen LogP contribution in [0.5, 0.6) is 5.75 Å². The largest absolute Gasteiger partial charge is 0.496 e. The molecule has 0 aliphatic carbocycles. The molecule has 2 rings (SSSR count). The molecule has 2 aromatic carbocycles. The summed E-state index contributed by atoms with van der Waals surface area (Å²) >= 11 is 0. The Morgan fingerprint density at radius 3 is 2.43 bits per heavy atom. The first-order chi connectivity index (χ1) is 10.1. The summed E-state index contributed by atoms with van der Waals surface area (Å²) in [6.45, 7) is 3.92. The molecule has 2 N–H and O–H groups in total. The van der Waals surface area contributed by atoms with E-state index >= 15 is 0 Å². The maximum absolute atomic E-state index is 12.4. The number of methoxy groups -OCH3 is 1. The van der Waals surface area contributed by atoms with Gasteiger partial charge in [0, 0.05) is 24.0 Å². The van der Waals surface area contributed by atoms with Gasteiger partial charge in [-0.25, -0.2) is 0 Å². The Bertz CT molecular complexity index is 666. The number of carbonyl (C=O) groups excluding carboxylic acids is 1. The minimum absolute atomic E-state index is 0.144. The van der Waals surface area contributed by atoms with Gasteiger partial charge in [-0.05, 0) is 37.6 Å². The molecule has 0 saturated heterocycles. The van der Waals surface area contributed by atoms with Crippen LogP contribution in [0.25, 0.3) is 0 Å². The van der Waals surface area contributed by atoms with E-state index in [0.717, 1.165) is 28.3 Å². The maximum Gasteiger partial charge on any atom is 0.257 e. The number of hydrogen-bond donors (Lipinski definition) is 2. The van der Waals surface area contributed by atoms with Crippen molar-refractivity contribution in [3.8, 4) is 5.75 Å². The van der Waals surface area contributed by atoms with Crippen LogP contribution in [0.4, 0.5) is 11.4 Å². The van der Waals surface area contributed by atoms with Gasteiger partial charge in [0.1, 0.15) is 5.75 Å². The van der Waals surface area contributed by atoms with Gasteiger partial charge in [0.2, 0.25) is 0 Å². The molecule has 110 valence electrons. The Labute approximate surface area is 125 Å². The lowest BCUT2D eigenvalue weighted by Crippen LogP contribution is -2.15. The molecular weight excluding hydrogens is 264 g/mol. The van der Waals surface area contributed by atoms with Gasteiger partial charge in [-0.3, -0.25) is 4.79 Å². The molecule has 0 saturated carbocycles. The van der Waals surface area contributed by atoms with Crippen LogP contribution >= 0.6 is 0 Å². The summed E-state index contributed by atoms with van der Waals surface area (Å²) in [5, 5.41) is 5.97. The first kappa shape index (κ1) is 14.9. The van der Waals surface area contributed by atoms with Gasteiger partial charge >= 0.3 is 0 Å². The molecule has 0 aromatic heterocycles. The molecule has 0 heterocycles. The normalized spacial score (nSPS) is 10.1. The molecule has 0 atom stereocenters. The summed E-state index contributed by atoms with van der Waals surface area (Å²) in [5.41, 5.74) is 4.13. The fourth-order valence-corrected chi connectivity index (χ4v) is 2.37. The minimum Gasteiger partial charge on any atom is -0.496 e. The van der Waals surface area contributed by atoms with Crippen LogP contribution in [-0.4, -0.2) is 20.1 Å². The van der Waals surface area contributed by atoms with Gasteiger partial charge in [0.05, 0.1) is 12.7 Å². The van der Waals surface area contributed by atoms with Crippen molar-refractivity contribution in [1.82, 2.24) is 0 Å². The highest BCUT2D eigenvalue weighted by Crippen LogP contribution is 2.29. The molecule has 4 nitrogen and oxygen atoms in total.